The molecule has 0 atom stereocenters. The molecule has 3 aromatic rings. The lowest BCUT2D eigenvalue weighted by molar-refractivity contribution is -0.113. The number of ether oxygens (including phenoxy) is 2. The second-order valence-corrected chi connectivity index (χ2v) is 7.71. The van der Waals surface area contributed by atoms with Gasteiger partial charge in [0.05, 0.1) is 38.0 Å². The van der Waals surface area contributed by atoms with Gasteiger partial charge in [-0.05, 0) is 29.8 Å². The third-order valence-electron chi connectivity index (χ3n) is 4.23. The molecule has 0 unspecified atom stereocenters. The Hall–Kier alpha value is -2.68. The van der Waals surface area contributed by atoms with Crippen molar-refractivity contribution in [3.63, 3.8) is 0 Å². The Bertz CT molecular complexity index is 1010. The highest BCUT2D eigenvalue weighted by Gasteiger charge is 2.13. The van der Waals surface area contributed by atoms with Crippen molar-refractivity contribution in [1.29, 1.82) is 0 Å². The zero-order valence-electron chi connectivity index (χ0n) is 16.6. The molecule has 0 spiro atoms. The van der Waals surface area contributed by atoms with Crippen LogP contribution in [0.15, 0.2) is 53.8 Å². The van der Waals surface area contributed by atoms with Gasteiger partial charge in [-0.3, -0.25) is 4.79 Å². The first kappa shape index (κ1) is 22.0. The number of hydrogen-bond acceptors (Lipinski definition) is 6. The molecule has 0 saturated carbocycles. The van der Waals surface area contributed by atoms with Crippen molar-refractivity contribution in [3.8, 4) is 11.5 Å². The van der Waals surface area contributed by atoms with Crippen molar-refractivity contribution in [2.45, 2.75) is 18.3 Å². The maximum atomic E-state index is 12.5. The van der Waals surface area contributed by atoms with Crippen LogP contribution in [-0.4, -0.2) is 40.5 Å². The van der Waals surface area contributed by atoms with Gasteiger partial charge in [-0.1, -0.05) is 35.5 Å². The number of rotatable bonds is 9. The minimum atomic E-state index is -0.210. The van der Waals surface area contributed by atoms with Gasteiger partial charge in [0.1, 0.15) is 11.5 Å². The summed E-state index contributed by atoms with van der Waals surface area (Å²) in [4.78, 5) is 16.9. The van der Waals surface area contributed by atoms with Gasteiger partial charge < -0.3 is 24.5 Å². The summed E-state index contributed by atoms with van der Waals surface area (Å²) in [5.41, 5.74) is 2.11. The molecule has 0 aliphatic carbocycles. The number of methoxy groups -OCH3 is 2. The number of aromatic nitrogens is 2. The number of halogens is 1. The van der Waals surface area contributed by atoms with E-state index in [9.17, 15) is 9.90 Å². The molecule has 0 aliphatic heterocycles. The fourth-order valence-electron chi connectivity index (χ4n) is 2.77. The highest BCUT2D eigenvalue weighted by molar-refractivity contribution is 7.99. The average molecular weight is 448 g/mol. The van der Waals surface area contributed by atoms with E-state index in [-0.39, 0.29) is 18.3 Å². The van der Waals surface area contributed by atoms with Crippen LogP contribution in [-0.2, 0) is 17.9 Å². The minimum absolute atomic E-state index is 0.142. The maximum absolute atomic E-state index is 12.5. The summed E-state index contributed by atoms with van der Waals surface area (Å²) in [5.74, 6) is 1.09. The molecule has 9 heteroatoms. The van der Waals surface area contributed by atoms with E-state index < -0.39 is 0 Å². The normalized spacial score (nSPS) is 10.7. The summed E-state index contributed by atoms with van der Waals surface area (Å²) in [6, 6.07) is 12.7. The summed E-state index contributed by atoms with van der Waals surface area (Å²) < 4.78 is 12.4. The number of benzene rings is 2. The molecule has 1 amide bonds. The van der Waals surface area contributed by atoms with Gasteiger partial charge in [-0.15, -0.1) is 0 Å². The smallest absolute Gasteiger partial charge is 0.234 e. The summed E-state index contributed by atoms with van der Waals surface area (Å²) in [6.07, 6.45) is 1.78. The van der Waals surface area contributed by atoms with Crippen LogP contribution in [0.4, 0.5) is 5.69 Å². The standard InChI is InChI=1S/C21H22ClN3O4S/c1-28-17-7-8-19(29-2)18(9-17)24-20(27)13-30-21-23-16(12-26)11-25(21)10-14-3-5-15(22)6-4-14/h3-9,11,26H,10,12-13H2,1-2H3,(H,24,27). The van der Waals surface area contributed by atoms with Crippen molar-refractivity contribution in [3.05, 3.63) is 64.9 Å². The quantitative estimate of drug-likeness (QED) is 0.485. The van der Waals surface area contributed by atoms with Crippen molar-refractivity contribution in [1.82, 2.24) is 9.55 Å². The van der Waals surface area contributed by atoms with E-state index in [1.165, 1.54) is 18.9 Å². The van der Waals surface area contributed by atoms with Crippen molar-refractivity contribution in [2.24, 2.45) is 0 Å². The number of amides is 1. The fourth-order valence-corrected chi connectivity index (χ4v) is 3.69. The predicted molar refractivity (Wildman–Crippen MR) is 118 cm³/mol. The lowest BCUT2D eigenvalue weighted by Crippen LogP contribution is -2.15. The number of imidazole rings is 1. The van der Waals surface area contributed by atoms with Gasteiger partial charge in [0, 0.05) is 23.8 Å². The largest absolute Gasteiger partial charge is 0.497 e. The minimum Gasteiger partial charge on any atom is -0.497 e. The van der Waals surface area contributed by atoms with E-state index in [2.05, 4.69) is 10.3 Å². The molecule has 1 aromatic heterocycles. The molecule has 0 fully saturated rings. The van der Waals surface area contributed by atoms with E-state index >= 15 is 0 Å². The molecule has 158 valence electrons. The Labute approximate surface area is 184 Å². The van der Waals surface area contributed by atoms with Crippen LogP contribution in [0.25, 0.3) is 0 Å². The Balaban J connectivity index is 1.68. The van der Waals surface area contributed by atoms with Gasteiger partial charge in [0.2, 0.25) is 5.91 Å². The number of thioether (sulfide) groups is 1. The highest BCUT2D eigenvalue weighted by atomic mass is 35.5. The molecule has 3 rings (SSSR count). The van der Waals surface area contributed by atoms with Crippen molar-refractivity contribution >= 4 is 35.0 Å². The van der Waals surface area contributed by atoms with Gasteiger partial charge in [-0.25, -0.2) is 4.98 Å². The molecule has 0 radical (unpaired) electrons. The van der Waals surface area contributed by atoms with Gasteiger partial charge in [-0.2, -0.15) is 0 Å². The SMILES string of the molecule is COc1ccc(OC)c(NC(=O)CSc2nc(CO)cn2Cc2ccc(Cl)cc2)c1. The zero-order chi connectivity index (χ0) is 21.5. The van der Waals surface area contributed by atoms with Gasteiger partial charge in [0.25, 0.3) is 0 Å². The van der Waals surface area contributed by atoms with Crippen LogP contribution in [0.3, 0.4) is 0 Å². The lowest BCUT2D eigenvalue weighted by atomic mass is 10.2. The first-order chi connectivity index (χ1) is 14.5. The average Bonchev–Trinajstić information content (AvgIpc) is 3.15. The van der Waals surface area contributed by atoms with E-state index in [0.29, 0.717) is 39.6 Å². The first-order valence-electron chi connectivity index (χ1n) is 9.08. The molecule has 7 nitrogen and oxygen atoms in total. The number of nitrogens with one attached hydrogen (secondary N) is 1. The summed E-state index contributed by atoms with van der Waals surface area (Å²) in [7, 11) is 3.10. The first-order valence-corrected chi connectivity index (χ1v) is 10.4. The number of aliphatic hydroxyl groups is 1. The van der Waals surface area contributed by atoms with E-state index in [0.717, 1.165) is 5.56 Å². The second kappa shape index (κ2) is 10.4. The Morgan fingerprint density at radius 3 is 2.63 bits per heavy atom. The van der Waals surface area contributed by atoms with Crippen LogP contribution < -0.4 is 14.8 Å². The summed E-state index contributed by atoms with van der Waals surface area (Å²) in [6.45, 7) is 0.381. The van der Waals surface area contributed by atoms with Crippen LogP contribution >= 0.6 is 23.4 Å². The second-order valence-electron chi connectivity index (χ2n) is 6.33. The number of carbonyl (C=O) groups excluding carboxylic acids is 1. The number of carbonyl (C=O) groups is 1. The van der Waals surface area contributed by atoms with Crippen LogP contribution in [0.5, 0.6) is 11.5 Å². The van der Waals surface area contributed by atoms with E-state index in [1.54, 1.807) is 31.5 Å². The van der Waals surface area contributed by atoms with E-state index in [1.807, 2.05) is 28.8 Å². The number of aliphatic hydroxyl groups excluding tert-OH is 1. The molecule has 1 heterocycles. The summed E-state index contributed by atoms with van der Waals surface area (Å²) in [5, 5.41) is 13.6. The monoisotopic (exact) mass is 447 g/mol. The Morgan fingerprint density at radius 1 is 1.20 bits per heavy atom. The molecule has 0 saturated heterocycles. The van der Waals surface area contributed by atoms with Crippen LogP contribution in [0.1, 0.15) is 11.3 Å². The molecular formula is C21H22ClN3O4S. The lowest BCUT2D eigenvalue weighted by Gasteiger charge is -2.12. The predicted octanol–water partition coefficient (Wildman–Crippen LogP) is 3.83. The van der Waals surface area contributed by atoms with Gasteiger partial charge in [0.15, 0.2) is 5.16 Å². The Morgan fingerprint density at radius 2 is 1.97 bits per heavy atom. The van der Waals surface area contributed by atoms with E-state index in [4.69, 9.17) is 21.1 Å². The molecule has 0 bridgehead atoms. The zero-order valence-corrected chi connectivity index (χ0v) is 18.2. The number of nitrogens with zero attached hydrogens (tertiary/aromatic N) is 2. The van der Waals surface area contributed by atoms with Crippen LogP contribution in [0.2, 0.25) is 5.02 Å². The fraction of sp³-hybridized carbons (Fsp3) is 0.238. The number of hydrogen-bond donors (Lipinski definition) is 2. The third-order valence-corrected chi connectivity index (χ3v) is 5.47. The molecular weight excluding hydrogens is 426 g/mol. The molecule has 0 aliphatic rings. The van der Waals surface area contributed by atoms with Crippen molar-refractivity contribution < 1.29 is 19.4 Å². The Kier molecular flexibility index (Phi) is 7.62. The maximum Gasteiger partial charge on any atom is 0.234 e. The molecule has 2 N–H and O–H groups in total. The topological polar surface area (TPSA) is 85.6 Å². The highest BCUT2D eigenvalue weighted by Crippen LogP contribution is 2.29. The van der Waals surface area contributed by atoms with Crippen molar-refractivity contribution in [2.75, 3.05) is 25.3 Å². The van der Waals surface area contributed by atoms with Crippen LogP contribution in [0, 0.1) is 0 Å². The molecule has 2 aromatic carbocycles. The summed E-state index contributed by atoms with van der Waals surface area (Å²) >= 11 is 7.23. The third kappa shape index (κ3) is 5.69. The van der Waals surface area contributed by atoms with Gasteiger partial charge >= 0.3 is 0 Å². The number of anilines is 1. The molecule has 30 heavy (non-hydrogen) atoms.